The van der Waals surface area contributed by atoms with E-state index in [0.717, 1.165) is 0 Å². The van der Waals surface area contributed by atoms with Crippen LogP contribution in [-0.2, 0) is 10.1 Å². The molecular formula is C3H8FNaO4S. The Kier molecular flexibility index (Phi) is 7.30. The van der Waals surface area contributed by atoms with E-state index in [1.165, 1.54) is 0 Å². The summed E-state index contributed by atoms with van der Waals surface area (Å²) in [5, 5.41) is 7.95. The number of aliphatic hydroxyl groups is 1. The number of halogens is 1. The van der Waals surface area contributed by atoms with Crippen LogP contribution in [0.25, 0.3) is 0 Å². The first-order valence-corrected chi connectivity index (χ1v) is 3.76. The monoisotopic (exact) mass is 182 g/mol. The molecule has 0 spiro atoms. The third-order valence-corrected chi connectivity index (χ3v) is 1.37. The van der Waals surface area contributed by atoms with E-state index in [-0.39, 0.29) is 29.6 Å². The summed E-state index contributed by atoms with van der Waals surface area (Å²) in [6, 6.07) is 0. The molecule has 58 valence electrons. The van der Waals surface area contributed by atoms with Crippen molar-refractivity contribution in [2.45, 2.75) is 6.17 Å². The SMILES string of the molecule is O=S(=O)(O)CC(F)CO.[NaH]. The fourth-order valence-corrected chi connectivity index (χ4v) is 0.844. The Hall–Kier alpha value is 0.800. The normalized spacial score (nSPS) is 13.9. The summed E-state index contributed by atoms with van der Waals surface area (Å²) in [5.74, 6) is -1.04. The van der Waals surface area contributed by atoms with E-state index in [1.807, 2.05) is 0 Å². The van der Waals surface area contributed by atoms with Gasteiger partial charge in [-0.3, -0.25) is 4.55 Å². The second-order valence-electron chi connectivity index (χ2n) is 1.53. The molecule has 0 aromatic rings. The summed E-state index contributed by atoms with van der Waals surface area (Å²) in [5.41, 5.74) is 0. The van der Waals surface area contributed by atoms with Gasteiger partial charge in [-0.05, 0) is 0 Å². The average molecular weight is 182 g/mol. The Bertz CT molecular complexity index is 167. The van der Waals surface area contributed by atoms with Gasteiger partial charge in [0.15, 0.2) is 0 Å². The second-order valence-corrected chi connectivity index (χ2v) is 3.03. The number of hydrogen-bond acceptors (Lipinski definition) is 3. The molecule has 7 heteroatoms. The van der Waals surface area contributed by atoms with Gasteiger partial charge >= 0.3 is 29.6 Å². The van der Waals surface area contributed by atoms with Crippen LogP contribution < -0.4 is 0 Å². The zero-order valence-corrected chi connectivity index (χ0v) is 5.31. The molecule has 0 aromatic heterocycles. The summed E-state index contributed by atoms with van der Waals surface area (Å²) < 4.78 is 39.4. The summed E-state index contributed by atoms with van der Waals surface area (Å²) in [6.07, 6.45) is -1.89. The summed E-state index contributed by atoms with van der Waals surface area (Å²) in [6.45, 7) is -0.889. The van der Waals surface area contributed by atoms with Crippen LogP contribution in [0.3, 0.4) is 0 Å². The zero-order valence-electron chi connectivity index (χ0n) is 4.49. The van der Waals surface area contributed by atoms with E-state index in [0.29, 0.717) is 0 Å². The maximum absolute atomic E-state index is 11.8. The van der Waals surface area contributed by atoms with Crippen LogP contribution >= 0.6 is 0 Å². The van der Waals surface area contributed by atoms with Crippen LogP contribution in [-0.4, -0.2) is 66.2 Å². The van der Waals surface area contributed by atoms with Gasteiger partial charge in [-0.1, -0.05) is 0 Å². The van der Waals surface area contributed by atoms with Gasteiger partial charge in [0.1, 0.15) is 11.9 Å². The first-order chi connectivity index (χ1) is 3.95. The van der Waals surface area contributed by atoms with E-state index in [2.05, 4.69) is 0 Å². The number of rotatable bonds is 3. The molecule has 0 saturated heterocycles. The average Bonchev–Trinajstić information content (AvgIpc) is 1.62. The van der Waals surface area contributed by atoms with Crippen molar-refractivity contribution in [1.82, 2.24) is 0 Å². The zero-order chi connectivity index (χ0) is 7.49. The van der Waals surface area contributed by atoms with Crippen molar-refractivity contribution in [1.29, 1.82) is 0 Å². The minimum atomic E-state index is -4.27. The van der Waals surface area contributed by atoms with Gasteiger partial charge in [-0.25, -0.2) is 4.39 Å². The van der Waals surface area contributed by atoms with Crippen molar-refractivity contribution in [2.24, 2.45) is 0 Å². The first-order valence-electron chi connectivity index (χ1n) is 2.16. The van der Waals surface area contributed by atoms with Gasteiger partial charge in [0.05, 0.1) is 6.61 Å². The summed E-state index contributed by atoms with van der Waals surface area (Å²) >= 11 is 0. The molecule has 2 N–H and O–H groups in total. The molecule has 0 amide bonds. The molecule has 0 bridgehead atoms. The van der Waals surface area contributed by atoms with E-state index >= 15 is 0 Å². The van der Waals surface area contributed by atoms with E-state index < -0.39 is 28.6 Å². The molecule has 0 heterocycles. The van der Waals surface area contributed by atoms with Crippen molar-refractivity contribution in [2.75, 3.05) is 12.4 Å². The van der Waals surface area contributed by atoms with Crippen molar-refractivity contribution in [3.63, 3.8) is 0 Å². The number of alkyl halides is 1. The van der Waals surface area contributed by atoms with Crippen LogP contribution in [0.15, 0.2) is 0 Å². The molecular weight excluding hydrogens is 174 g/mol. The van der Waals surface area contributed by atoms with Crippen LogP contribution in [0.5, 0.6) is 0 Å². The van der Waals surface area contributed by atoms with Gasteiger partial charge in [-0.2, -0.15) is 8.42 Å². The fraction of sp³-hybridized carbons (Fsp3) is 1.00. The van der Waals surface area contributed by atoms with E-state index in [9.17, 15) is 12.8 Å². The Morgan fingerprint density at radius 3 is 2.00 bits per heavy atom. The van der Waals surface area contributed by atoms with Crippen molar-refractivity contribution >= 4 is 39.7 Å². The predicted molar refractivity (Wildman–Crippen MR) is 35.5 cm³/mol. The Balaban J connectivity index is 0. The molecule has 0 aliphatic rings. The van der Waals surface area contributed by atoms with E-state index in [1.54, 1.807) is 0 Å². The minimum absolute atomic E-state index is 0. The van der Waals surface area contributed by atoms with Crippen LogP contribution in [0, 0.1) is 0 Å². The maximum atomic E-state index is 11.8. The third kappa shape index (κ3) is 8.80. The molecule has 0 aliphatic heterocycles. The van der Waals surface area contributed by atoms with Crippen LogP contribution in [0.2, 0.25) is 0 Å². The molecule has 0 saturated carbocycles. The molecule has 0 radical (unpaired) electrons. The van der Waals surface area contributed by atoms with Crippen LogP contribution in [0.4, 0.5) is 4.39 Å². The molecule has 1 atom stereocenters. The van der Waals surface area contributed by atoms with Gasteiger partial charge in [0.2, 0.25) is 0 Å². The number of hydrogen-bond donors (Lipinski definition) is 2. The molecule has 0 rings (SSSR count). The molecule has 0 fully saturated rings. The molecule has 10 heavy (non-hydrogen) atoms. The van der Waals surface area contributed by atoms with Gasteiger partial charge in [-0.15, -0.1) is 0 Å². The summed E-state index contributed by atoms with van der Waals surface area (Å²) in [4.78, 5) is 0. The van der Waals surface area contributed by atoms with E-state index in [4.69, 9.17) is 9.66 Å². The molecule has 0 aliphatic carbocycles. The van der Waals surface area contributed by atoms with Gasteiger partial charge < -0.3 is 5.11 Å². The molecule has 4 nitrogen and oxygen atoms in total. The number of aliphatic hydroxyl groups excluding tert-OH is 1. The van der Waals surface area contributed by atoms with Gasteiger partial charge in [0, 0.05) is 0 Å². The Morgan fingerprint density at radius 2 is 1.90 bits per heavy atom. The fourth-order valence-electron chi connectivity index (χ4n) is 0.281. The standard InChI is InChI=1S/C3H7FO4S.Na.H/c4-3(1-5)2-9(6,7)8;;/h3,5H,1-2H2,(H,6,7,8);;. The third-order valence-electron chi connectivity index (χ3n) is 0.590. The van der Waals surface area contributed by atoms with Crippen molar-refractivity contribution in [3.05, 3.63) is 0 Å². The van der Waals surface area contributed by atoms with Crippen molar-refractivity contribution < 1.29 is 22.5 Å². The topological polar surface area (TPSA) is 74.6 Å². The Morgan fingerprint density at radius 1 is 1.50 bits per heavy atom. The first kappa shape index (κ1) is 13.4. The van der Waals surface area contributed by atoms with Crippen LogP contribution in [0.1, 0.15) is 0 Å². The molecule has 1 unspecified atom stereocenters. The van der Waals surface area contributed by atoms with Gasteiger partial charge in [0.25, 0.3) is 10.1 Å². The second kappa shape index (κ2) is 5.45. The van der Waals surface area contributed by atoms with Crippen molar-refractivity contribution in [3.8, 4) is 0 Å². The quantitative estimate of drug-likeness (QED) is 0.414. The summed E-state index contributed by atoms with van der Waals surface area (Å²) in [7, 11) is -4.27. The molecule has 0 aromatic carbocycles. The Labute approximate surface area is 80.5 Å². The predicted octanol–water partition coefficient (Wildman–Crippen LogP) is -1.44.